The standard InChI is InChI=1S/C22H23ClN4O4S/c1-15-14-16(2)25-22(24-15)27-32(29,30)20-11-7-18(8-12-20)26-21(28)4-3-13-31-19-9-5-17(23)6-10-19/h5-12,14H,3-4,13H2,1-2H3,(H,26,28)(H,24,25,27). The molecule has 0 aliphatic carbocycles. The first-order valence-electron chi connectivity index (χ1n) is 9.85. The number of aryl methyl sites for hydroxylation is 2. The number of nitrogens with zero attached hydrogens (tertiary/aromatic N) is 2. The van der Waals surface area contributed by atoms with E-state index >= 15 is 0 Å². The number of hydrogen-bond donors (Lipinski definition) is 2. The van der Waals surface area contributed by atoms with Crippen molar-refractivity contribution in [1.29, 1.82) is 0 Å². The lowest BCUT2D eigenvalue weighted by atomic mass is 10.2. The average molecular weight is 475 g/mol. The van der Waals surface area contributed by atoms with Gasteiger partial charge in [0.15, 0.2) is 0 Å². The molecule has 8 nitrogen and oxygen atoms in total. The summed E-state index contributed by atoms with van der Waals surface area (Å²) in [4.78, 5) is 20.3. The van der Waals surface area contributed by atoms with Crippen LogP contribution < -0.4 is 14.8 Å². The second-order valence-electron chi connectivity index (χ2n) is 7.06. The Morgan fingerprint density at radius 2 is 1.62 bits per heavy atom. The molecule has 0 aliphatic rings. The summed E-state index contributed by atoms with van der Waals surface area (Å²) in [5.41, 5.74) is 1.81. The van der Waals surface area contributed by atoms with Gasteiger partial charge in [0.25, 0.3) is 10.0 Å². The number of carbonyl (C=O) groups is 1. The largest absolute Gasteiger partial charge is 0.494 e. The van der Waals surface area contributed by atoms with Gasteiger partial charge in [-0.2, -0.15) is 0 Å². The summed E-state index contributed by atoms with van der Waals surface area (Å²) in [7, 11) is -3.85. The van der Waals surface area contributed by atoms with Gasteiger partial charge >= 0.3 is 0 Å². The maximum Gasteiger partial charge on any atom is 0.264 e. The van der Waals surface area contributed by atoms with E-state index in [9.17, 15) is 13.2 Å². The summed E-state index contributed by atoms with van der Waals surface area (Å²) >= 11 is 5.82. The van der Waals surface area contributed by atoms with E-state index in [0.29, 0.717) is 40.9 Å². The summed E-state index contributed by atoms with van der Waals surface area (Å²) in [6.45, 7) is 3.90. The summed E-state index contributed by atoms with van der Waals surface area (Å²) in [6, 6.07) is 14.6. The number of halogens is 1. The number of amides is 1. The van der Waals surface area contributed by atoms with Gasteiger partial charge in [-0.15, -0.1) is 0 Å². The van der Waals surface area contributed by atoms with E-state index in [-0.39, 0.29) is 23.2 Å². The predicted molar refractivity (Wildman–Crippen MR) is 124 cm³/mol. The highest BCUT2D eigenvalue weighted by Gasteiger charge is 2.16. The average Bonchev–Trinajstić information content (AvgIpc) is 2.72. The van der Waals surface area contributed by atoms with E-state index < -0.39 is 10.0 Å². The number of sulfonamides is 1. The van der Waals surface area contributed by atoms with Gasteiger partial charge in [-0.05, 0) is 74.9 Å². The third-order valence-corrected chi connectivity index (χ3v) is 5.88. The monoisotopic (exact) mass is 474 g/mol. The summed E-state index contributed by atoms with van der Waals surface area (Å²) in [6.07, 6.45) is 0.792. The maximum atomic E-state index is 12.6. The molecule has 168 valence electrons. The van der Waals surface area contributed by atoms with Crippen LogP contribution in [-0.2, 0) is 14.8 Å². The van der Waals surface area contributed by atoms with Gasteiger partial charge in [0, 0.05) is 28.5 Å². The van der Waals surface area contributed by atoms with Crippen LogP contribution >= 0.6 is 11.6 Å². The molecule has 0 atom stereocenters. The van der Waals surface area contributed by atoms with Crippen molar-refractivity contribution in [1.82, 2.24) is 9.97 Å². The van der Waals surface area contributed by atoms with Crippen LogP contribution in [0.4, 0.5) is 11.6 Å². The number of rotatable bonds is 9. The van der Waals surface area contributed by atoms with Gasteiger partial charge in [0.1, 0.15) is 5.75 Å². The van der Waals surface area contributed by atoms with Crippen molar-refractivity contribution in [3.63, 3.8) is 0 Å². The van der Waals surface area contributed by atoms with Gasteiger partial charge in [-0.25, -0.2) is 23.1 Å². The second kappa shape index (κ2) is 10.4. The zero-order chi connectivity index (χ0) is 23.1. The van der Waals surface area contributed by atoms with Crippen molar-refractivity contribution >= 4 is 39.2 Å². The highest BCUT2D eigenvalue weighted by molar-refractivity contribution is 7.92. The van der Waals surface area contributed by atoms with Gasteiger partial charge in [0.05, 0.1) is 11.5 Å². The third-order valence-electron chi connectivity index (χ3n) is 4.29. The lowest BCUT2D eigenvalue weighted by Crippen LogP contribution is -2.16. The van der Waals surface area contributed by atoms with Gasteiger partial charge in [-0.3, -0.25) is 4.79 Å². The Bertz CT molecular complexity index is 1160. The molecule has 0 saturated heterocycles. The lowest BCUT2D eigenvalue weighted by Gasteiger charge is -2.10. The Hall–Kier alpha value is -3.17. The molecule has 0 bridgehead atoms. The van der Waals surface area contributed by atoms with Crippen molar-refractivity contribution in [2.45, 2.75) is 31.6 Å². The molecule has 0 unspecified atom stereocenters. The van der Waals surface area contributed by atoms with E-state index in [2.05, 4.69) is 20.0 Å². The Morgan fingerprint density at radius 1 is 1.00 bits per heavy atom. The number of benzene rings is 2. The van der Waals surface area contributed by atoms with Gasteiger partial charge < -0.3 is 10.1 Å². The van der Waals surface area contributed by atoms with Crippen molar-refractivity contribution < 1.29 is 17.9 Å². The maximum absolute atomic E-state index is 12.6. The smallest absolute Gasteiger partial charge is 0.264 e. The minimum absolute atomic E-state index is 0.0145. The summed E-state index contributed by atoms with van der Waals surface area (Å²) in [5.74, 6) is 0.509. The molecular weight excluding hydrogens is 452 g/mol. The van der Waals surface area contributed by atoms with Crippen LogP contribution in [0.15, 0.2) is 59.5 Å². The Morgan fingerprint density at radius 3 is 2.25 bits per heavy atom. The molecule has 3 aromatic rings. The van der Waals surface area contributed by atoms with Gasteiger partial charge in [0.2, 0.25) is 11.9 Å². The van der Waals surface area contributed by atoms with E-state index in [1.807, 2.05) is 0 Å². The summed E-state index contributed by atoms with van der Waals surface area (Å²) in [5, 5.41) is 3.37. The zero-order valence-electron chi connectivity index (χ0n) is 17.6. The predicted octanol–water partition coefficient (Wildman–Crippen LogP) is 4.35. The molecule has 32 heavy (non-hydrogen) atoms. The Labute approximate surface area is 192 Å². The number of hydrogen-bond acceptors (Lipinski definition) is 6. The first-order valence-corrected chi connectivity index (χ1v) is 11.7. The molecule has 2 N–H and O–H groups in total. The lowest BCUT2D eigenvalue weighted by molar-refractivity contribution is -0.116. The highest BCUT2D eigenvalue weighted by atomic mass is 35.5. The molecular formula is C22H23ClN4O4S. The molecule has 0 saturated carbocycles. The molecule has 0 radical (unpaired) electrons. The summed E-state index contributed by atoms with van der Waals surface area (Å²) < 4.78 is 33.1. The van der Waals surface area contributed by atoms with Crippen LogP contribution in [0, 0.1) is 13.8 Å². The molecule has 1 aromatic heterocycles. The van der Waals surface area contributed by atoms with Gasteiger partial charge in [-0.1, -0.05) is 11.6 Å². The van der Waals surface area contributed by atoms with E-state index in [1.54, 1.807) is 44.2 Å². The van der Waals surface area contributed by atoms with Crippen LogP contribution in [-0.4, -0.2) is 30.9 Å². The van der Waals surface area contributed by atoms with Crippen molar-refractivity contribution in [2.75, 3.05) is 16.6 Å². The fourth-order valence-electron chi connectivity index (χ4n) is 2.85. The molecule has 0 spiro atoms. The Kier molecular flexibility index (Phi) is 7.66. The number of carbonyl (C=O) groups excluding carboxylic acids is 1. The van der Waals surface area contributed by atoms with E-state index in [1.165, 1.54) is 24.3 Å². The molecule has 1 heterocycles. The quantitative estimate of drug-likeness (QED) is 0.446. The minimum Gasteiger partial charge on any atom is -0.494 e. The number of anilines is 2. The topological polar surface area (TPSA) is 110 Å². The number of nitrogens with one attached hydrogen (secondary N) is 2. The molecule has 3 rings (SSSR count). The minimum atomic E-state index is -3.85. The van der Waals surface area contributed by atoms with E-state index in [0.717, 1.165) is 0 Å². The first-order chi connectivity index (χ1) is 15.2. The normalized spacial score (nSPS) is 11.1. The van der Waals surface area contributed by atoms with Crippen molar-refractivity contribution in [3.05, 3.63) is 71.0 Å². The first kappa shape index (κ1) is 23.5. The molecule has 1 amide bonds. The zero-order valence-corrected chi connectivity index (χ0v) is 19.2. The fourth-order valence-corrected chi connectivity index (χ4v) is 3.92. The van der Waals surface area contributed by atoms with Crippen molar-refractivity contribution in [3.8, 4) is 5.75 Å². The van der Waals surface area contributed by atoms with Crippen LogP contribution in [0.5, 0.6) is 5.75 Å². The van der Waals surface area contributed by atoms with Crippen molar-refractivity contribution in [2.24, 2.45) is 0 Å². The molecule has 0 aliphatic heterocycles. The van der Waals surface area contributed by atoms with Crippen LogP contribution in [0.3, 0.4) is 0 Å². The SMILES string of the molecule is Cc1cc(C)nc(NS(=O)(=O)c2ccc(NC(=O)CCCOc3ccc(Cl)cc3)cc2)n1. The molecule has 2 aromatic carbocycles. The fraction of sp³-hybridized carbons (Fsp3) is 0.227. The molecule has 0 fully saturated rings. The highest BCUT2D eigenvalue weighted by Crippen LogP contribution is 2.18. The van der Waals surface area contributed by atoms with Crippen LogP contribution in [0.25, 0.3) is 0 Å². The van der Waals surface area contributed by atoms with E-state index in [4.69, 9.17) is 16.3 Å². The molecule has 10 heteroatoms. The van der Waals surface area contributed by atoms with Crippen LogP contribution in [0.2, 0.25) is 5.02 Å². The number of ether oxygens (including phenoxy) is 1. The number of aromatic nitrogens is 2. The third kappa shape index (κ3) is 6.93. The Balaban J connectivity index is 1.49. The second-order valence-corrected chi connectivity index (χ2v) is 9.18. The van der Waals surface area contributed by atoms with Crippen LogP contribution in [0.1, 0.15) is 24.2 Å².